The van der Waals surface area contributed by atoms with Crippen molar-refractivity contribution >= 4 is 45.8 Å². The molecule has 1 N–H and O–H groups in total. The molecule has 112 valence electrons. The SMILES string of the molecule is CCCNC(Cc1ccc(I)cc1)c1cccc(Cl)c1Cl. The maximum Gasteiger partial charge on any atom is 0.0640 e. The van der Waals surface area contributed by atoms with Crippen LogP contribution in [0.4, 0.5) is 0 Å². The van der Waals surface area contributed by atoms with Gasteiger partial charge in [-0.25, -0.2) is 0 Å². The molecule has 2 aromatic carbocycles. The summed E-state index contributed by atoms with van der Waals surface area (Å²) in [5.41, 5.74) is 2.36. The number of hydrogen-bond acceptors (Lipinski definition) is 1. The molecule has 0 fully saturated rings. The minimum atomic E-state index is 0.177. The van der Waals surface area contributed by atoms with Gasteiger partial charge in [0.1, 0.15) is 0 Å². The van der Waals surface area contributed by atoms with E-state index in [-0.39, 0.29) is 6.04 Å². The quantitative estimate of drug-likeness (QED) is 0.560. The van der Waals surface area contributed by atoms with Gasteiger partial charge in [-0.2, -0.15) is 0 Å². The van der Waals surface area contributed by atoms with Crippen molar-refractivity contribution in [3.05, 3.63) is 67.2 Å². The molecule has 4 heteroatoms. The molecule has 1 unspecified atom stereocenters. The lowest BCUT2D eigenvalue weighted by molar-refractivity contribution is 0.529. The van der Waals surface area contributed by atoms with Crippen molar-refractivity contribution in [3.8, 4) is 0 Å². The van der Waals surface area contributed by atoms with E-state index < -0.39 is 0 Å². The molecule has 0 heterocycles. The van der Waals surface area contributed by atoms with Crippen LogP contribution in [0.5, 0.6) is 0 Å². The van der Waals surface area contributed by atoms with Gasteiger partial charge in [0.15, 0.2) is 0 Å². The van der Waals surface area contributed by atoms with Crippen LogP contribution in [-0.4, -0.2) is 6.54 Å². The maximum absolute atomic E-state index is 6.39. The molecule has 0 aromatic heterocycles. The molecule has 0 aliphatic carbocycles. The summed E-state index contributed by atoms with van der Waals surface area (Å²) in [5, 5.41) is 4.83. The minimum absolute atomic E-state index is 0.177. The second kappa shape index (κ2) is 8.37. The summed E-state index contributed by atoms with van der Waals surface area (Å²) in [6.07, 6.45) is 1.98. The van der Waals surface area contributed by atoms with Gasteiger partial charge in [0.25, 0.3) is 0 Å². The predicted molar refractivity (Wildman–Crippen MR) is 100 cm³/mol. The van der Waals surface area contributed by atoms with E-state index >= 15 is 0 Å². The van der Waals surface area contributed by atoms with Gasteiger partial charge in [0.05, 0.1) is 10.0 Å². The molecule has 0 amide bonds. The normalized spacial score (nSPS) is 12.4. The van der Waals surface area contributed by atoms with Crippen molar-refractivity contribution in [3.63, 3.8) is 0 Å². The number of rotatable bonds is 6. The minimum Gasteiger partial charge on any atom is -0.310 e. The van der Waals surface area contributed by atoms with Gasteiger partial charge in [-0.05, 0) is 71.3 Å². The molecule has 0 saturated carbocycles. The highest BCUT2D eigenvalue weighted by Crippen LogP contribution is 2.31. The molecule has 0 saturated heterocycles. The highest BCUT2D eigenvalue weighted by Gasteiger charge is 2.16. The van der Waals surface area contributed by atoms with Crippen molar-refractivity contribution in [1.82, 2.24) is 5.32 Å². The monoisotopic (exact) mass is 433 g/mol. The van der Waals surface area contributed by atoms with Crippen LogP contribution in [0.1, 0.15) is 30.5 Å². The van der Waals surface area contributed by atoms with Crippen LogP contribution < -0.4 is 5.32 Å². The highest BCUT2D eigenvalue weighted by atomic mass is 127. The van der Waals surface area contributed by atoms with Gasteiger partial charge in [-0.15, -0.1) is 0 Å². The molecule has 0 radical (unpaired) electrons. The molecule has 1 atom stereocenters. The molecular formula is C17H18Cl2IN. The zero-order valence-corrected chi connectivity index (χ0v) is 15.5. The number of nitrogens with one attached hydrogen (secondary N) is 1. The topological polar surface area (TPSA) is 12.0 Å². The second-order valence-corrected chi connectivity index (χ2v) is 7.01. The molecule has 2 rings (SSSR count). The first-order valence-corrected chi connectivity index (χ1v) is 8.87. The van der Waals surface area contributed by atoms with E-state index in [4.69, 9.17) is 23.2 Å². The average molecular weight is 434 g/mol. The van der Waals surface area contributed by atoms with E-state index in [0.717, 1.165) is 24.9 Å². The van der Waals surface area contributed by atoms with Crippen LogP contribution in [-0.2, 0) is 6.42 Å². The van der Waals surface area contributed by atoms with Gasteiger partial charge in [-0.1, -0.05) is 54.4 Å². The Morgan fingerprint density at radius 2 is 1.81 bits per heavy atom. The van der Waals surface area contributed by atoms with Crippen LogP contribution in [0, 0.1) is 3.57 Å². The molecule has 21 heavy (non-hydrogen) atoms. The summed E-state index contributed by atoms with van der Waals surface area (Å²) >= 11 is 14.9. The van der Waals surface area contributed by atoms with Gasteiger partial charge < -0.3 is 5.32 Å². The first-order chi connectivity index (χ1) is 10.1. The zero-order chi connectivity index (χ0) is 15.2. The Hall–Kier alpha value is -0.290. The first-order valence-electron chi connectivity index (χ1n) is 7.03. The largest absolute Gasteiger partial charge is 0.310 e. The van der Waals surface area contributed by atoms with Gasteiger partial charge in [-0.3, -0.25) is 0 Å². The third kappa shape index (κ3) is 4.85. The van der Waals surface area contributed by atoms with Gasteiger partial charge >= 0.3 is 0 Å². The molecule has 0 bridgehead atoms. The Bertz CT molecular complexity index is 584. The van der Waals surface area contributed by atoms with Crippen molar-refractivity contribution in [2.45, 2.75) is 25.8 Å². The lowest BCUT2D eigenvalue weighted by Gasteiger charge is -2.21. The smallest absolute Gasteiger partial charge is 0.0640 e. The lowest BCUT2D eigenvalue weighted by atomic mass is 9.98. The third-order valence-corrected chi connectivity index (χ3v) is 4.90. The third-order valence-electron chi connectivity index (χ3n) is 3.35. The van der Waals surface area contributed by atoms with Gasteiger partial charge in [0, 0.05) is 9.61 Å². The summed E-state index contributed by atoms with van der Waals surface area (Å²) in [6, 6.07) is 14.6. The second-order valence-electron chi connectivity index (χ2n) is 4.98. The summed E-state index contributed by atoms with van der Waals surface area (Å²) in [7, 11) is 0. The predicted octanol–water partition coefficient (Wildman–Crippen LogP) is 5.88. The van der Waals surface area contributed by atoms with E-state index in [9.17, 15) is 0 Å². The molecule has 0 aliphatic heterocycles. The van der Waals surface area contributed by atoms with Crippen LogP contribution in [0.2, 0.25) is 10.0 Å². The molecule has 0 aliphatic rings. The van der Waals surface area contributed by atoms with E-state index in [1.165, 1.54) is 9.13 Å². The van der Waals surface area contributed by atoms with Crippen LogP contribution in [0.25, 0.3) is 0 Å². The van der Waals surface area contributed by atoms with Crippen LogP contribution in [0.15, 0.2) is 42.5 Å². The Kier molecular flexibility index (Phi) is 6.80. The van der Waals surface area contributed by atoms with Gasteiger partial charge in [0.2, 0.25) is 0 Å². The van der Waals surface area contributed by atoms with E-state index in [1.807, 2.05) is 18.2 Å². The Morgan fingerprint density at radius 1 is 1.10 bits per heavy atom. The van der Waals surface area contributed by atoms with Crippen molar-refractivity contribution in [1.29, 1.82) is 0 Å². The number of halogens is 3. The summed E-state index contributed by atoms with van der Waals surface area (Å²) in [4.78, 5) is 0. The first kappa shape index (κ1) is 17.1. The molecular weight excluding hydrogens is 416 g/mol. The average Bonchev–Trinajstić information content (AvgIpc) is 2.48. The lowest BCUT2D eigenvalue weighted by Crippen LogP contribution is -2.24. The highest BCUT2D eigenvalue weighted by molar-refractivity contribution is 14.1. The van der Waals surface area contributed by atoms with E-state index in [0.29, 0.717) is 10.0 Å². The van der Waals surface area contributed by atoms with Crippen LogP contribution >= 0.6 is 45.8 Å². The van der Waals surface area contributed by atoms with E-state index in [2.05, 4.69) is 59.1 Å². The Labute approximate surface area is 150 Å². The van der Waals surface area contributed by atoms with E-state index in [1.54, 1.807) is 0 Å². The standard InChI is InChI=1S/C17H18Cl2IN/c1-2-10-21-16(11-12-6-8-13(20)9-7-12)14-4-3-5-15(18)17(14)19/h3-9,16,21H,2,10-11H2,1H3. The zero-order valence-electron chi connectivity index (χ0n) is 11.9. The number of benzene rings is 2. The van der Waals surface area contributed by atoms with Crippen molar-refractivity contribution < 1.29 is 0 Å². The molecule has 1 nitrogen and oxygen atoms in total. The fraction of sp³-hybridized carbons (Fsp3) is 0.294. The fourth-order valence-corrected chi connectivity index (χ4v) is 3.06. The Balaban J connectivity index is 2.25. The molecule has 0 spiro atoms. The summed E-state index contributed by atoms with van der Waals surface area (Å²) in [5.74, 6) is 0. The molecule has 2 aromatic rings. The van der Waals surface area contributed by atoms with Crippen molar-refractivity contribution in [2.75, 3.05) is 6.54 Å². The number of hydrogen-bond donors (Lipinski definition) is 1. The fourth-order valence-electron chi connectivity index (χ4n) is 2.26. The van der Waals surface area contributed by atoms with Crippen molar-refractivity contribution in [2.24, 2.45) is 0 Å². The summed E-state index contributed by atoms with van der Waals surface area (Å²) in [6.45, 7) is 3.12. The maximum atomic E-state index is 6.39. The summed E-state index contributed by atoms with van der Waals surface area (Å²) < 4.78 is 1.25. The van der Waals surface area contributed by atoms with Crippen LogP contribution in [0.3, 0.4) is 0 Å². The Morgan fingerprint density at radius 3 is 2.48 bits per heavy atom.